The van der Waals surface area contributed by atoms with Crippen molar-refractivity contribution < 1.29 is 4.74 Å². The van der Waals surface area contributed by atoms with E-state index in [4.69, 9.17) is 4.74 Å². The van der Waals surface area contributed by atoms with Crippen molar-refractivity contribution in [1.29, 1.82) is 0 Å². The highest BCUT2D eigenvalue weighted by atomic mass is 32.2. The van der Waals surface area contributed by atoms with Gasteiger partial charge in [-0.15, -0.1) is 0 Å². The van der Waals surface area contributed by atoms with Crippen LogP contribution in [-0.2, 0) is 4.74 Å². The molecule has 1 N–H and O–H groups in total. The van der Waals surface area contributed by atoms with Gasteiger partial charge in [-0.1, -0.05) is 13.8 Å². The normalized spacial score (nSPS) is 23.6. The van der Waals surface area contributed by atoms with Crippen LogP contribution in [0.2, 0.25) is 0 Å². The van der Waals surface area contributed by atoms with Crippen molar-refractivity contribution in [3.63, 3.8) is 0 Å². The third-order valence-corrected chi connectivity index (χ3v) is 4.08. The Morgan fingerprint density at radius 3 is 2.80 bits per heavy atom. The predicted molar refractivity (Wildman–Crippen MR) is 68.6 cm³/mol. The largest absolute Gasteiger partial charge is 0.378 e. The molecule has 0 radical (unpaired) electrons. The smallest absolute Gasteiger partial charge is 0.0609 e. The average Bonchev–Trinajstić information content (AvgIpc) is 2.69. The van der Waals surface area contributed by atoms with Gasteiger partial charge in [0.2, 0.25) is 0 Å². The zero-order chi connectivity index (χ0) is 11.1. The van der Waals surface area contributed by atoms with Crippen LogP contribution in [0, 0.1) is 5.92 Å². The van der Waals surface area contributed by atoms with Gasteiger partial charge in [-0.25, -0.2) is 0 Å². The van der Waals surface area contributed by atoms with Gasteiger partial charge in [0.1, 0.15) is 0 Å². The minimum Gasteiger partial charge on any atom is -0.378 e. The van der Waals surface area contributed by atoms with Gasteiger partial charge >= 0.3 is 0 Å². The lowest BCUT2D eigenvalue weighted by Gasteiger charge is -2.22. The third kappa shape index (κ3) is 5.23. The van der Waals surface area contributed by atoms with Crippen molar-refractivity contribution in [2.75, 3.05) is 24.7 Å². The van der Waals surface area contributed by atoms with Crippen LogP contribution >= 0.6 is 11.8 Å². The molecule has 0 amide bonds. The monoisotopic (exact) mass is 231 g/mol. The number of thioether (sulfide) groups is 1. The van der Waals surface area contributed by atoms with Gasteiger partial charge in [0.15, 0.2) is 0 Å². The lowest BCUT2D eigenvalue weighted by atomic mass is 10.0. The predicted octanol–water partition coefficient (Wildman–Crippen LogP) is 2.53. The van der Waals surface area contributed by atoms with Crippen molar-refractivity contribution >= 4 is 11.8 Å². The Labute approximate surface area is 98.5 Å². The molecular formula is C12H25NOS. The second-order valence-corrected chi connectivity index (χ2v) is 5.69. The van der Waals surface area contributed by atoms with E-state index in [-0.39, 0.29) is 0 Å². The molecule has 1 rings (SSSR count). The highest BCUT2D eigenvalue weighted by Gasteiger charge is 2.16. The number of hydrogen-bond acceptors (Lipinski definition) is 3. The minimum absolute atomic E-state index is 0.427. The second-order valence-electron chi connectivity index (χ2n) is 4.54. The summed E-state index contributed by atoms with van der Waals surface area (Å²) < 4.78 is 5.72. The van der Waals surface area contributed by atoms with Crippen LogP contribution < -0.4 is 5.32 Å². The molecule has 90 valence electrons. The first-order chi connectivity index (χ1) is 7.24. The molecule has 0 aromatic heterocycles. The molecule has 0 aromatic rings. The van der Waals surface area contributed by atoms with Gasteiger partial charge in [0.25, 0.3) is 0 Å². The van der Waals surface area contributed by atoms with Crippen molar-refractivity contribution in [3.8, 4) is 0 Å². The summed E-state index contributed by atoms with van der Waals surface area (Å²) in [6.45, 7) is 8.50. The van der Waals surface area contributed by atoms with Gasteiger partial charge in [-0.2, -0.15) is 11.8 Å². The second kappa shape index (κ2) is 7.53. The zero-order valence-corrected chi connectivity index (χ0v) is 11.1. The van der Waals surface area contributed by atoms with Crippen molar-refractivity contribution in [1.82, 2.24) is 5.32 Å². The number of hydrogen-bond donors (Lipinski definition) is 1. The number of nitrogens with one attached hydrogen (secondary N) is 1. The third-order valence-electron chi connectivity index (χ3n) is 2.92. The molecule has 2 nitrogen and oxygen atoms in total. The minimum atomic E-state index is 0.427. The molecule has 0 saturated carbocycles. The first-order valence-electron chi connectivity index (χ1n) is 6.16. The van der Waals surface area contributed by atoms with E-state index in [0.29, 0.717) is 12.0 Å². The van der Waals surface area contributed by atoms with Crippen LogP contribution in [0.3, 0.4) is 0 Å². The van der Waals surface area contributed by atoms with Crippen molar-refractivity contribution in [2.24, 2.45) is 5.92 Å². The van der Waals surface area contributed by atoms with E-state index in [2.05, 4.69) is 37.8 Å². The summed E-state index contributed by atoms with van der Waals surface area (Å²) in [6, 6.07) is 0.754. The van der Waals surface area contributed by atoms with E-state index >= 15 is 0 Å². The Bertz CT molecular complexity index is 158. The summed E-state index contributed by atoms with van der Waals surface area (Å²) in [6.07, 6.45) is 2.91. The SMILES string of the molecule is CCOC(CCNC1CCSC1)C(C)C. The van der Waals surface area contributed by atoms with E-state index in [0.717, 1.165) is 25.6 Å². The maximum Gasteiger partial charge on any atom is 0.0609 e. The summed E-state index contributed by atoms with van der Waals surface area (Å²) in [5, 5.41) is 3.62. The Balaban J connectivity index is 2.09. The van der Waals surface area contributed by atoms with Crippen LogP contribution in [0.15, 0.2) is 0 Å². The highest BCUT2D eigenvalue weighted by Crippen LogP contribution is 2.17. The first kappa shape index (κ1) is 13.3. The lowest BCUT2D eigenvalue weighted by Crippen LogP contribution is -2.33. The van der Waals surface area contributed by atoms with E-state index < -0.39 is 0 Å². The molecule has 1 saturated heterocycles. The average molecular weight is 231 g/mol. The number of ether oxygens (including phenoxy) is 1. The molecule has 1 aliphatic heterocycles. The molecule has 2 unspecified atom stereocenters. The molecule has 1 heterocycles. The number of rotatable bonds is 7. The quantitative estimate of drug-likeness (QED) is 0.727. The topological polar surface area (TPSA) is 21.3 Å². The van der Waals surface area contributed by atoms with E-state index in [1.807, 2.05) is 0 Å². The molecule has 1 fully saturated rings. The fourth-order valence-corrected chi connectivity index (χ4v) is 3.14. The fourth-order valence-electron chi connectivity index (χ4n) is 1.95. The first-order valence-corrected chi connectivity index (χ1v) is 7.32. The van der Waals surface area contributed by atoms with Gasteiger partial charge in [-0.3, -0.25) is 0 Å². The van der Waals surface area contributed by atoms with E-state index in [1.165, 1.54) is 17.9 Å². The van der Waals surface area contributed by atoms with Crippen LogP contribution in [-0.4, -0.2) is 36.8 Å². The maximum atomic E-state index is 5.72. The Morgan fingerprint density at radius 1 is 1.47 bits per heavy atom. The Kier molecular flexibility index (Phi) is 6.69. The fraction of sp³-hybridized carbons (Fsp3) is 1.00. The van der Waals surface area contributed by atoms with Gasteiger partial charge in [-0.05, 0) is 38.0 Å². The standard InChI is InChI=1S/C12H25NOS/c1-4-14-12(10(2)3)5-7-13-11-6-8-15-9-11/h10-13H,4-9H2,1-3H3. The molecular weight excluding hydrogens is 206 g/mol. The Morgan fingerprint density at radius 2 is 2.27 bits per heavy atom. The van der Waals surface area contributed by atoms with Crippen LogP contribution in [0.4, 0.5) is 0 Å². The van der Waals surface area contributed by atoms with Crippen molar-refractivity contribution in [3.05, 3.63) is 0 Å². The van der Waals surface area contributed by atoms with E-state index in [9.17, 15) is 0 Å². The summed E-state index contributed by atoms with van der Waals surface area (Å²) in [5.41, 5.74) is 0. The molecule has 2 atom stereocenters. The maximum absolute atomic E-state index is 5.72. The van der Waals surface area contributed by atoms with Crippen LogP contribution in [0.1, 0.15) is 33.6 Å². The molecule has 0 bridgehead atoms. The van der Waals surface area contributed by atoms with Crippen molar-refractivity contribution in [2.45, 2.75) is 45.8 Å². The van der Waals surface area contributed by atoms with Gasteiger partial charge in [0, 0.05) is 18.4 Å². The highest BCUT2D eigenvalue weighted by molar-refractivity contribution is 7.99. The summed E-state index contributed by atoms with van der Waals surface area (Å²) in [7, 11) is 0. The Hall–Kier alpha value is 0.270. The lowest BCUT2D eigenvalue weighted by molar-refractivity contribution is 0.0248. The molecule has 0 aromatic carbocycles. The molecule has 3 heteroatoms. The molecule has 0 spiro atoms. The van der Waals surface area contributed by atoms with E-state index in [1.54, 1.807) is 0 Å². The molecule has 15 heavy (non-hydrogen) atoms. The van der Waals surface area contributed by atoms with Gasteiger partial charge in [0.05, 0.1) is 6.10 Å². The summed E-state index contributed by atoms with van der Waals surface area (Å²) in [5.74, 6) is 3.25. The summed E-state index contributed by atoms with van der Waals surface area (Å²) >= 11 is 2.06. The zero-order valence-electron chi connectivity index (χ0n) is 10.3. The van der Waals surface area contributed by atoms with Crippen LogP contribution in [0.5, 0.6) is 0 Å². The summed E-state index contributed by atoms with van der Waals surface area (Å²) in [4.78, 5) is 0. The van der Waals surface area contributed by atoms with Gasteiger partial charge < -0.3 is 10.1 Å². The van der Waals surface area contributed by atoms with Crippen LogP contribution in [0.25, 0.3) is 0 Å². The molecule has 0 aliphatic carbocycles. The molecule has 1 aliphatic rings.